The van der Waals surface area contributed by atoms with Crippen molar-refractivity contribution in [2.24, 2.45) is 7.05 Å². The summed E-state index contributed by atoms with van der Waals surface area (Å²) in [6.45, 7) is 1.07. The van der Waals surface area contributed by atoms with E-state index in [0.717, 1.165) is 25.2 Å². The molecule has 0 bridgehead atoms. The maximum Gasteiger partial charge on any atom is 0.134 e. The molecule has 4 heteroatoms. The molecular weight excluding hydrogens is 202 g/mol. The van der Waals surface area contributed by atoms with Crippen LogP contribution in [0.25, 0.3) is 0 Å². The van der Waals surface area contributed by atoms with E-state index in [1.54, 1.807) is 6.20 Å². The number of aryl methyl sites for hydroxylation is 2. The molecule has 1 aromatic heterocycles. The van der Waals surface area contributed by atoms with Crippen LogP contribution in [0.3, 0.4) is 0 Å². The topological polar surface area (TPSA) is 46.9 Å². The van der Waals surface area contributed by atoms with Crippen molar-refractivity contribution in [1.29, 1.82) is 0 Å². The van der Waals surface area contributed by atoms with Gasteiger partial charge in [-0.25, -0.2) is 4.98 Å². The van der Waals surface area contributed by atoms with E-state index in [1.165, 1.54) is 6.42 Å². The summed E-state index contributed by atoms with van der Waals surface area (Å²) < 4.78 is 1.97. The highest BCUT2D eigenvalue weighted by Gasteiger charge is 2.17. The number of carbonyl (C=O) groups excluding carboxylic acids is 1. The third-order valence-corrected chi connectivity index (χ3v) is 3.18. The van der Waals surface area contributed by atoms with Crippen LogP contribution < -0.4 is 5.32 Å². The molecule has 0 amide bonds. The van der Waals surface area contributed by atoms with Crippen molar-refractivity contribution in [2.75, 3.05) is 6.54 Å². The number of hydrogen-bond acceptors (Lipinski definition) is 3. The molecule has 2 rings (SSSR count). The van der Waals surface area contributed by atoms with E-state index in [9.17, 15) is 4.79 Å². The number of ketones is 1. The molecule has 0 spiro atoms. The number of nitrogens with zero attached hydrogens (tertiary/aromatic N) is 2. The maximum absolute atomic E-state index is 11.7. The lowest BCUT2D eigenvalue weighted by molar-refractivity contribution is -0.119. The van der Waals surface area contributed by atoms with Gasteiger partial charge in [-0.3, -0.25) is 4.79 Å². The molecule has 88 valence electrons. The van der Waals surface area contributed by atoms with E-state index in [2.05, 4.69) is 10.3 Å². The molecule has 1 saturated heterocycles. The van der Waals surface area contributed by atoms with Gasteiger partial charge in [0.2, 0.25) is 0 Å². The van der Waals surface area contributed by atoms with E-state index in [4.69, 9.17) is 0 Å². The van der Waals surface area contributed by atoms with Crippen LogP contribution >= 0.6 is 0 Å². The molecule has 1 unspecified atom stereocenters. The minimum Gasteiger partial charge on any atom is -0.338 e. The second-order valence-electron chi connectivity index (χ2n) is 4.49. The molecule has 1 atom stereocenters. The van der Waals surface area contributed by atoms with E-state index >= 15 is 0 Å². The zero-order valence-corrected chi connectivity index (χ0v) is 9.78. The lowest BCUT2D eigenvalue weighted by Crippen LogP contribution is -2.24. The smallest absolute Gasteiger partial charge is 0.134 e. The summed E-state index contributed by atoms with van der Waals surface area (Å²) >= 11 is 0. The van der Waals surface area contributed by atoms with Crippen molar-refractivity contribution in [2.45, 2.75) is 38.1 Å². The van der Waals surface area contributed by atoms with E-state index in [0.29, 0.717) is 24.7 Å². The summed E-state index contributed by atoms with van der Waals surface area (Å²) in [5.74, 6) is 1.34. The molecule has 2 heterocycles. The van der Waals surface area contributed by atoms with Crippen LogP contribution in [0.15, 0.2) is 12.4 Å². The second kappa shape index (κ2) is 5.25. The predicted molar refractivity (Wildman–Crippen MR) is 62.2 cm³/mol. The van der Waals surface area contributed by atoms with E-state index < -0.39 is 0 Å². The first-order chi connectivity index (χ1) is 7.75. The normalized spacial score (nSPS) is 20.2. The fourth-order valence-corrected chi connectivity index (χ4v) is 2.20. The second-order valence-corrected chi connectivity index (χ2v) is 4.49. The molecule has 1 N–H and O–H groups in total. The zero-order chi connectivity index (χ0) is 11.4. The molecule has 0 aliphatic carbocycles. The highest BCUT2D eigenvalue weighted by molar-refractivity contribution is 5.79. The number of rotatable bonds is 5. The minimum atomic E-state index is 0.349. The number of nitrogens with one attached hydrogen (secondary N) is 1. The first-order valence-electron chi connectivity index (χ1n) is 5.97. The molecule has 0 aromatic carbocycles. The van der Waals surface area contributed by atoms with Gasteiger partial charge in [-0.05, 0) is 19.4 Å². The SMILES string of the molecule is Cn1ccnc1CCC(=O)CC1CCCN1. The number of hydrogen-bond donors (Lipinski definition) is 1. The molecule has 1 fully saturated rings. The van der Waals surface area contributed by atoms with Crippen LogP contribution in [0.2, 0.25) is 0 Å². The lowest BCUT2D eigenvalue weighted by atomic mass is 10.1. The zero-order valence-electron chi connectivity index (χ0n) is 9.78. The van der Waals surface area contributed by atoms with Gasteiger partial charge in [0.15, 0.2) is 0 Å². The summed E-state index contributed by atoms with van der Waals surface area (Å²) in [6.07, 6.45) is 8.10. The van der Waals surface area contributed by atoms with Gasteiger partial charge in [0.1, 0.15) is 11.6 Å². The van der Waals surface area contributed by atoms with Crippen LogP contribution in [-0.2, 0) is 18.3 Å². The van der Waals surface area contributed by atoms with Crippen LogP contribution in [0, 0.1) is 0 Å². The lowest BCUT2D eigenvalue weighted by Gasteiger charge is -2.08. The van der Waals surface area contributed by atoms with Gasteiger partial charge in [0.05, 0.1) is 0 Å². The standard InChI is InChI=1S/C12H19N3O/c1-15-8-7-14-12(15)5-4-11(16)9-10-3-2-6-13-10/h7-8,10,13H,2-6,9H2,1H3. The van der Waals surface area contributed by atoms with E-state index in [1.807, 2.05) is 17.8 Å². The van der Waals surface area contributed by atoms with Crippen molar-refractivity contribution in [3.63, 3.8) is 0 Å². The first kappa shape index (κ1) is 11.3. The van der Waals surface area contributed by atoms with Gasteiger partial charge < -0.3 is 9.88 Å². The maximum atomic E-state index is 11.7. The first-order valence-corrected chi connectivity index (χ1v) is 5.97. The van der Waals surface area contributed by atoms with E-state index in [-0.39, 0.29) is 0 Å². The van der Waals surface area contributed by atoms with Gasteiger partial charge in [0, 0.05) is 44.7 Å². The molecule has 1 aliphatic rings. The summed E-state index contributed by atoms with van der Waals surface area (Å²) in [5.41, 5.74) is 0. The fourth-order valence-electron chi connectivity index (χ4n) is 2.20. The Balaban J connectivity index is 1.73. The van der Waals surface area contributed by atoms with Gasteiger partial charge in [-0.15, -0.1) is 0 Å². The summed E-state index contributed by atoms with van der Waals surface area (Å²) in [4.78, 5) is 15.9. The summed E-state index contributed by atoms with van der Waals surface area (Å²) in [6, 6.07) is 0.425. The van der Waals surface area contributed by atoms with Crippen molar-refractivity contribution < 1.29 is 4.79 Å². The Morgan fingerprint density at radius 3 is 3.19 bits per heavy atom. The Bertz CT molecular complexity index is 353. The monoisotopic (exact) mass is 221 g/mol. The molecule has 0 saturated carbocycles. The van der Waals surface area contributed by atoms with Crippen LogP contribution in [0.4, 0.5) is 0 Å². The van der Waals surface area contributed by atoms with Gasteiger partial charge in [-0.2, -0.15) is 0 Å². The Morgan fingerprint density at radius 1 is 1.69 bits per heavy atom. The average Bonchev–Trinajstić information content (AvgIpc) is 2.87. The van der Waals surface area contributed by atoms with Crippen LogP contribution in [0.1, 0.15) is 31.5 Å². The Hall–Kier alpha value is -1.16. The Kier molecular flexibility index (Phi) is 3.72. The molecular formula is C12H19N3O. The number of Topliss-reactive ketones (excluding diaryl/α,β-unsaturated/α-hetero) is 1. The third-order valence-electron chi connectivity index (χ3n) is 3.18. The van der Waals surface area contributed by atoms with Gasteiger partial charge in [0.25, 0.3) is 0 Å². The highest BCUT2D eigenvalue weighted by atomic mass is 16.1. The van der Waals surface area contributed by atoms with Crippen molar-refractivity contribution in [1.82, 2.24) is 14.9 Å². The summed E-state index contributed by atoms with van der Waals surface area (Å²) in [7, 11) is 1.96. The molecule has 0 radical (unpaired) electrons. The number of aromatic nitrogens is 2. The highest BCUT2D eigenvalue weighted by Crippen LogP contribution is 2.11. The average molecular weight is 221 g/mol. The Morgan fingerprint density at radius 2 is 2.56 bits per heavy atom. The Labute approximate surface area is 96.1 Å². The quantitative estimate of drug-likeness (QED) is 0.809. The largest absolute Gasteiger partial charge is 0.338 e. The molecule has 1 aromatic rings. The van der Waals surface area contributed by atoms with Crippen LogP contribution in [0.5, 0.6) is 0 Å². The van der Waals surface area contributed by atoms with Crippen molar-refractivity contribution in [3.05, 3.63) is 18.2 Å². The molecule has 1 aliphatic heterocycles. The molecule has 4 nitrogen and oxygen atoms in total. The third kappa shape index (κ3) is 2.92. The van der Waals surface area contributed by atoms with Gasteiger partial charge in [-0.1, -0.05) is 0 Å². The van der Waals surface area contributed by atoms with Crippen LogP contribution in [-0.4, -0.2) is 27.9 Å². The van der Waals surface area contributed by atoms with Crippen molar-refractivity contribution in [3.8, 4) is 0 Å². The summed E-state index contributed by atoms with van der Waals surface area (Å²) in [5, 5.41) is 3.35. The number of imidazole rings is 1. The predicted octanol–water partition coefficient (Wildman–Crippen LogP) is 1.06. The minimum absolute atomic E-state index is 0.349. The fraction of sp³-hybridized carbons (Fsp3) is 0.667. The van der Waals surface area contributed by atoms with Crippen molar-refractivity contribution >= 4 is 5.78 Å². The number of carbonyl (C=O) groups is 1. The van der Waals surface area contributed by atoms with Gasteiger partial charge >= 0.3 is 0 Å². The molecule has 16 heavy (non-hydrogen) atoms.